The Morgan fingerprint density at radius 2 is 2.33 bits per heavy atom. The number of benzene rings is 1. The molecule has 2 unspecified atom stereocenters. The van der Waals surface area contributed by atoms with Crippen molar-refractivity contribution in [2.24, 2.45) is 0 Å². The number of aliphatic hydroxyl groups is 1. The molecule has 15 heavy (non-hydrogen) atoms. The molecule has 0 aromatic heterocycles. The molecule has 2 rings (SSSR count). The molecule has 0 saturated carbocycles. The number of thioether (sulfide) groups is 1. The van der Waals surface area contributed by atoms with Gasteiger partial charge in [0.2, 0.25) is 0 Å². The van der Waals surface area contributed by atoms with Crippen molar-refractivity contribution in [2.45, 2.75) is 24.2 Å². The Labute approximate surface area is 97.6 Å². The molecule has 1 aromatic rings. The minimum Gasteiger partial charge on any atom is -0.387 e. The highest BCUT2D eigenvalue weighted by Gasteiger charge is 2.26. The van der Waals surface area contributed by atoms with E-state index < -0.39 is 11.9 Å². The molecule has 0 aliphatic carbocycles. The van der Waals surface area contributed by atoms with Crippen molar-refractivity contribution in [3.05, 3.63) is 34.6 Å². The molecular formula is C11H12ClFOS. The monoisotopic (exact) mass is 246 g/mol. The Kier molecular flexibility index (Phi) is 3.54. The van der Waals surface area contributed by atoms with Gasteiger partial charge in [-0.25, -0.2) is 4.39 Å². The molecule has 4 heteroatoms. The van der Waals surface area contributed by atoms with Crippen molar-refractivity contribution in [1.82, 2.24) is 0 Å². The van der Waals surface area contributed by atoms with Crippen molar-refractivity contribution in [3.8, 4) is 0 Å². The summed E-state index contributed by atoms with van der Waals surface area (Å²) in [4.78, 5) is 0. The zero-order chi connectivity index (χ0) is 10.8. The van der Waals surface area contributed by atoms with Crippen molar-refractivity contribution in [1.29, 1.82) is 0 Å². The maximum Gasteiger partial charge on any atom is 0.130 e. The lowest BCUT2D eigenvalue weighted by Gasteiger charge is -2.17. The number of hydrogen-bond acceptors (Lipinski definition) is 2. The third-order valence-electron chi connectivity index (χ3n) is 2.60. The Morgan fingerprint density at radius 1 is 1.53 bits per heavy atom. The number of halogens is 2. The number of rotatable bonds is 2. The summed E-state index contributed by atoms with van der Waals surface area (Å²) in [5.41, 5.74) is 0.360. The summed E-state index contributed by atoms with van der Waals surface area (Å²) in [7, 11) is 0. The molecule has 1 saturated heterocycles. The van der Waals surface area contributed by atoms with Crippen molar-refractivity contribution in [2.75, 3.05) is 5.75 Å². The highest BCUT2D eigenvalue weighted by molar-refractivity contribution is 8.00. The average molecular weight is 247 g/mol. The van der Waals surface area contributed by atoms with Gasteiger partial charge in [0.25, 0.3) is 0 Å². The summed E-state index contributed by atoms with van der Waals surface area (Å²) >= 11 is 7.36. The van der Waals surface area contributed by atoms with E-state index in [4.69, 9.17) is 11.6 Å². The fraction of sp³-hybridized carbons (Fsp3) is 0.455. The number of aliphatic hydroxyl groups excluding tert-OH is 1. The van der Waals surface area contributed by atoms with E-state index in [0.29, 0.717) is 10.6 Å². The van der Waals surface area contributed by atoms with E-state index in [2.05, 4.69) is 0 Å². The van der Waals surface area contributed by atoms with Crippen LogP contribution in [0.15, 0.2) is 18.2 Å². The van der Waals surface area contributed by atoms with Gasteiger partial charge in [-0.15, -0.1) is 0 Å². The van der Waals surface area contributed by atoms with E-state index in [9.17, 15) is 9.50 Å². The van der Waals surface area contributed by atoms with E-state index in [-0.39, 0.29) is 5.25 Å². The summed E-state index contributed by atoms with van der Waals surface area (Å²) in [5, 5.41) is 10.5. The molecular weight excluding hydrogens is 235 g/mol. The summed E-state index contributed by atoms with van der Waals surface area (Å²) < 4.78 is 13.5. The molecule has 0 radical (unpaired) electrons. The van der Waals surface area contributed by atoms with Crippen LogP contribution in [0.4, 0.5) is 4.39 Å². The first-order valence-electron chi connectivity index (χ1n) is 4.93. The molecule has 0 amide bonds. The lowest BCUT2D eigenvalue weighted by atomic mass is 10.0. The predicted molar refractivity (Wildman–Crippen MR) is 61.8 cm³/mol. The minimum atomic E-state index is -0.713. The third kappa shape index (κ3) is 2.47. The number of hydrogen-bond donors (Lipinski definition) is 1. The van der Waals surface area contributed by atoms with Crippen molar-refractivity contribution >= 4 is 23.4 Å². The highest BCUT2D eigenvalue weighted by atomic mass is 35.5. The first-order valence-corrected chi connectivity index (χ1v) is 6.36. The van der Waals surface area contributed by atoms with Gasteiger partial charge in [0.1, 0.15) is 5.82 Å². The lowest BCUT2D eigenvalue weighted by Crippen LogP contribution is -2.13. The van der Waals surface area contributed by atoms with Crippen LogP contribution in [-0.4, -0.2) is 16.1 Å². The molecule has 82 valence electrons. The summed E-state index contributed by atoms with van der Waals surface area (Å²) in [6.07, 6.45) is 1.34. The van der Waals surface area contributed by atoms with E-state index in [1.54, 1.807) is 23.9 Å². The van der Waals surface area contributed by atoms with Crippen molar-refractivity contribution < 1.29 is 9.50 Å². The molecule has 0 spiro atoms. The minimum absolute atomic E-state index is 0.126. The standard InChI is InChI=1S/C11H12ClFOS/c12-7-3-4-8(9(13)6-7)11(14)10-2-1-5-15-10/h3-4,6,10-11,14H,1-2,5H2. The van der Waals surface area contributed by atoms with Gasteiger partial charge in [-0.3, -0.25) is 0 Å². The summed E-state index contributed by atoms with van der Waals surface area (Å²) in [6, 6.07) is 4.43. The largest absolute Gasteiger partial charge is 0.387 e. The normalized spacial score (nSPS) is 23.0. The highest BCUT2D eigenvalue weighted by Crippen LogP contribution is 2.36. The molecule has 1 nitrogen and oxygen atoms in total. The molecule has 1 N–H and O–H groups in total. The average Bonchev–Trinajstić information content (AvgIpc) is 2.69. The first-order chi connectivity index (χ1) is 7.18. The Bertz CT molecular complexity index is 352. The van der Waals surface area contributed by atoms with Crippen LogP contribution in [0, 0.1) is 5.82 Å². The fourth-order valence-corrected chi connectivity index (χ4v) is 3.25. The Hall–Kier alpha value is -0.250. The van der Waals surface area contributed by atoms with Gasteiger partial charge in [0, 0.05) is 15.8 Å². The molecule has 1 fully saturated rings. The molecule has 1 aliphatic rings. The lowest BCUT2D eigenvalue weighted by molar-refractivity contribution is 0.168. The van der Waals surface area contributed by atoms with Crippen LogP contribution >= 0.6 is 23.4 Å². The van der Waals surface area contributed by atoms with Gasteiger partial charge in [-0.2, -0.15) is 11.8 Å². The maximum atomic E-state index is 13.5. The second-order valence-electron chi connectivity index (χ2n) is 3.66. The summed E-state index contributed by atoms with van der Waals surface area (Å²) in [5.74, 6) is 0.638. The first kappa shape index (κ1) is 11.2. The molecule has 1 aliphatic heterocycles. The molecule has 2 atom stereocenters. The predicted octanol–water partition coefficient (Wildman–Crippen LogP) is 3.41. The smallest absolute Gasteiger partial charge is 0.130 e. The van der Waals surface area contributed by atoms with E-state index in [1.165, 1.54) is 6.07 Å². The zero-order valence-corrected chi connectivity index (χ0v) is 9.69. The van der Waals surface area contributed by atoms with Gasteiger partial charge in [0.05, 0.1) is 6.10 Å². The van der Waals surface area contributed by atoms with Crippen LogP contribution in [0.2, 0.25) is 5.02 Å². The second kappa shape index (κ2) is 4.73. The van der Waals surface area contributed by atoms with Crippen LogP contribution in [0.25, 0.3) is 0 Å². The SMILES string of the molecule is OC(c1ccc(Cl)cc1F)C1CCCS1. The maximum absolute atomic E-state index is 13.5. The van der Waals surface area contributed by atoms with Gasteiger partial charge >= 0.3 is 0 Å². The van der Waals surface area contributed by atoms with Crippen LogP contribution in [0.5, 0.6) is 0 Å². The Balaban J connectivity index is 2.20. The van der Waals surface area contributed by atoms with Crippen LogP contribution in [0.1, 0.15) is 24.5 Å². The molecule has 1 aromatic carbocycles. The zero-order valence-electron chi connectivity index (χ0n) is 8.12. The van der Waals surface area contributed by atoms with Crippen LogP contribution < -0.4 is 0 Å². The van der Waals surface area contributed by atoms with Gasteiger partial charge < -0.3 is 5.11 Å². The Morgan fingerprint density at radius 3 is 2.93 bits per heavy atom. The summed E-state index contributed by atoms with van der Waals surface area (Å²) in [6.45, 7) is 0. The van der Waals surface area contributed by atoms with Crippen LogP contribution in [-0.2, 0) is 0 Å². The molecule has 0 bridgehead atoms. The quantitative estimate of drug-likeness (QED) is 0.863. The van der Waals surface area contributed by atoms with Crippen molar-refractivity contribution in [3.63, 3.8) is 0 Å². The van der Waals surface area contributed by atoms with E-state index in [1.807, 2.05) is 0 Å². The van der Waals surface area contributed by atoms with Gasteiger partial charge in [-0.05, 0) is 30.7 Å². The van der Waals surface area contributed by atoms with Gasteiger partial charge in [-0.1, -0.05) is 17.7 Å². The van der Waals surface area contributed by atoms with Gasteiger partial charge in [0.15, 0.2) is 0 Å². The van der Waals surface area contributed by atoms with E-state index in [0.717, 1.165) is 18.6 Å². The third-order valence-corrected chi connectivity index (χ3v) is 4.28. The topological polar surface area (TPSA) is 20.2 Å². The van der Waals surface area contributed by atoms with Crippen LogP contribution in [0.3, 0.4) is 0 Å². The molecule has 1 heterocycles. The fourth-order valence-electron chi connectivity index (χ4n) is 1.79. The van der Waals surface area contributed by atoms with E-state index >= 15 is 0 Å². The second-order valence-corrected chi connectivity index (χ2v) is 5.45.